The molecule has 0 amide bonds. The van der Waals surface area contributed by atoms with E-state index in [-0.39, 0.29) is 5.56 Å². The Morgan fingerprint density at radius 1 is 1.32 bits per heavy atom. The van der Waals surface area contributed by atoms with Crippen LogP contribution in [0.2, 0.25) is 0 Å². The topological polar surface area (TPSA) is 56.0 Å². The molecule has 0 radical (unpaired) electrons. The van der Waals surface area contributed by atoms with Crippen molar-refractivity contribution < 1.29 is 26.9 Å². The lowest BCUT2D eigenvalue weighted by atomic mass is 10.1. The Hall–Kier alpha value is -1.96. The number of benzene rings is 1. The molecular formula is C10H3ClF4N2O2. The predicted molar refractivity (Wildman–Crippen MR) is 54.9 cm³/mol. The van der Waals surface area contributed by atoms with E-state index < -0.39 is 34.5 Å². The van der Waals surface area contributed by atoms with Crippen LogP contribution in [0, 0.1) is 5.82 Å². The van der Waals surface area contributed by atoms with Gasteiger partial charge in [-0.05, 0) is 23.7 Å². The van der Waals surface area contributed by atoms with Crippen LogP contribution in [0.1, 0.15) is 16.2 Å². The summed E-state index contributed by atoms with van der Waals surface area (Å²) in [5, 5.41) is 2.06. The van der Waals surface area contributed by atoms with E-state index in [1.807, 2.05) is 0 Å². The highest BCUT2D eigenvalue weighted by Gasteiger charge is 2.38. The molecule has 1 aromatic carbocycles. The minimum absolute atomic E-state index is 0.0709. The monoisotopic (exact) mass is 294 g/mol. The zero-order chi connectivity index (χ0) is 14.2. The molecule has 0 N–H and O–H groups in total. The first kappa shape index (κ1) is 13.5. The lowest BCUT2D eigenvalue weighted by molar-refractivity contribution is -0.159. The van der Waals surface area contributed by atoms with Gasteiger partial charge in [0.1, 0.15) is 5.82 Å². The largest absolute Gasteiger partial charge is 0.471 e. The molecule has 0 saturated carbocycles. The summed E-state index contributed by atoms with van der Waals surface area (Å²) in [6.07, 6.45) is -4.78. The van der Waals surface area contributed by atoms with Crippen LogP contribution in [-0.4, -0.2) is 15.4 Å². The van der Waals surface area contributed by atoms with Gasteiger partial charge in [-0.2, -0.15) is 18.2 Å². The van der Waals surface area contributed by atoms with Gasteiger partial charge in [0.2, 0.25) is 5.82 Å². The van der Waals surface area contributed by atoms with Crippen LogP contribution in [0.4, 0.5) is 17.6 Å². The third kappa shape index (κ3) is 2.73. The number of nitrogens with zero attached hydrogens (tertiary/aromatic N) is 2. The smallest absolute Gasteiger partial charge is 0.329 e. The molecule has 0 aliphatic rings. The Labute approximate surface area is 108 Å². The lowest BCUT2D eigenvalue weighted by Crippen LogP contribution is -2.04. The number of carbonyl (C=O) groups is 1. The molecule has 0 unspecified atom stereocenters. The Balaban J connectivity index is 2.40. The van der Waals surface area contributed by atoms with Crippen molar-refractivity contribution >= 4 is 16.8 Å². The van der Waals surface area contributed by atoms with Gasteiger partial charge in [0.25, 0.3) is 5.24 Å². The number of carbonyl (C=O) groups excluding carboxylic acids is 1. The zero-order valence-electron chi connectivity index (χ0n) is 8.83. The Morgan fingerprint density at radius 2 is 2.00 bits per heavy atom. The molecule has 0 aliphatic carbocycles. The number of hydrogen-bond acceptors (Lipinski definition) is 4. The normalized spacial score (nSPS) is 11.6. The first-order chi connectivity index (χ1) is 8.79. The molecule has 2 aromatic rings. The van der Waals surface area contributed by atoms with Gasteiger partial charge in [0.15, 0.2) is 0 Å². The predicted octanol–water partition coefficient (Wildman–Crippen LogP) is 3.27. The molecule has 9 heteroatoms. The summed E-state index contributed by atoms with van der Waals surface area (Å²) in [5.74, 6) is -2.98. The Bertz CT molecular complexity index is 639. The van der Waals surface area contributed by atoms with Gasteiger partial charge in [-0.3, -0.25) is 4.79 Å². The molecule has 0 aliphatic heterocycles. The second kappa shape index (κ2) is 4.61. The molecule has 0 bridgehead atoms. The average Bonchev–Trinajstić information content (AvgIpc) is 2.76. The van der Waals surface area contributed by atoms with Crippen LogP contribution in [0.5, 0.6) is 0 Å². The van der Waals surface area contributed by atoms with Gasteiger partial charge < -0.3 is 4.52 Å². The van der Waals surface area contributed by atoms with E-state index in [0.29, 0.717) is 0 Å². The fourth-order valence-electron chi connectivity index (χ4n) is 1.27. The maximum atomic E-state index is 13.4. The van der Waals surface area contributed by atoms with Crippen LogP contribution >= 0.6 is 11.6 Å². The number of alkyl halides is 3. The molecule has 1 heterocycles. The van der Waals surface area contributed by atoms with E-state index in [2.05, 4.69) is 14.7 Å². The molecular weight excluding hydrogens is 292 g/mol. The fourth-order valence-corrected chi connectivity index (χ4v) is 1.42. The van der Waals surface area contributed by atoms with Crippen molar-refractivity contribution in [1.29, 1.82) is 0 Å². The van der Waals surface area contributed by atoms with E-state index in [9.17, 15) is 22.4 Å². The van der Waals surface area contributed by atoms with Gasteiger partial charge >= 0.3 is 12.1 Å². The van der Waals surface area contributed by atoms with Crippen LogP contribution in [0.25, 0.3) is 11.4 Å². The van der Waals surface area contributed by atoms with E-state index in [4.69, 9.17) is 11.6 Å². The number of rotatable bonds is 2. The molecule has 100 valence electrons. The van der Waals surface area contributed by atoms with E-state index in [1.54, 1.807) is 0 Å². The molecule has 0 spiro atoms. The summed E-state index contributed by atoms with van der Waals surface area (Å²) in [6, 6.07) is 2.97. The summed E-state index contributed by atoms with van der Waals surface area (Å²) in [4.78, 5) is 13.9. The second-order valence-electron chi connectivity index (χ2n) is 3.39. The number of halogens is 5. The second-order valence-corrected chi connectivity index (χ2v) is 3.73. The fraction of sp³-hybridized carbons (Fsp3) is 0.100. The van der Waals surface area contributed by atoms with E-state index in [0.717, 1.165) is 18.2 Å². The van der Waals surface area contributed by atoms with Gasteiger partial charge in [0.05, 0.1) is 5.56 Å². The quantitative estimate of drug-likeness (QED) is 0.630. The summed E-state index contributed by atoms with van der Waals surface area (Å²) < 4.78 is 54.1. The molecule has 19 heavy (non-hydrogen) atoms. The van der Waals surface area contributed by atoms with Crippen molar-refractivity contribution in [2.45, 2.75) is 6.18 Å². The Kier molecular flexibility index (Phi) is 3.27. The zero-order valence-corrected chi connectivity index (χ0v) is 9.59. The highest BCUT2D eigenvalue weighted by Crippen LogP contribution is 2.29. The van der Waals surface area contributed by atoms with Crippen LogP contribution in [-0.2, 0) is 6.18 Å². The average molecular weight is 295 g/mol. The SMILES string of the molecule is O=C(Cl)c1ccc(-c2noc(C(F)(F)F)n2)cc1F. The number of hydrogen-bond donors (Lipinski definition) is 0. The first-order valence-corrected chi connectivity index (χ1v) is 5.07. The van der Waals surface area contributed by atoms with Crippen molar-refractivity contribution in [3.8, 4) is 11.4 Å². The highest BCUT2D eigenvalue weighted by atomic mass is 35.5. The molecule has 0 fully saturated rings. The summed E-state index contributed by atoms with van der Waals surface area (Å²) in [7, 11) is 0. The molecule has 0 saturated heterocycles. The van der Waals surface area contributed by atoms with Gasteiger partial charge in [-0.15, -0.1) is 0 Å². The Morgan fingerprint density at radius 3 is 2.47 bits per heavy atom. The van der Waals surface area contributed by atoms with E-state index >= 15 is 0 Å². The maximum Gasteiger partial charge on any atom is 0.471 e. The lowest BCUT2D eigenvalue weighted by Gasteiger charge is -1.99. The molecule has 0 atom stereocenters. The van der Waals surface area contributed by atoms with Crippen LogP contribution < -0.4 is 0 Å². The minimum atomic E-state index is -4.78. The number of aromatic nitrogens is 2. The third-order valence-corrected chi connectivity index (χ3v) is 2.31. The van der Waals surface area contributed by atoms with Crippen LogP contribution in [0.15, 0.2) is 22.7 Å². The summed E-state index contributed by atoms with van der Waals surface area (Å²) >= 11 is 5.09. The first-order valence-electron chi connectivity index (χ1n) is 4.69. The highest BCUT2D eigenvalue weighted by molar-refractivity contribution is 6.67. The molecule has 1 aromatic heterocycles. The van der Waals surface area contributed by atoms with Crippen LogP contribution in [0.3, 0.4) is 0 Å². The molecule has 4 nitrogen and oxygen atoms in total. The molecule has 2 rings (SSSR count). The van der Waals surface area contributed by atoms with E-state index in [1.165, 1.54) is 0 Å². The van der Waals surface area contributed by atoms with Gasteiger partial charge in [0, 0.05) is 5.56 Å². The van der Waals surface area contributed by atoms with Crippen molar-refractivity contribution in [3.05, 3.63) is 35.5 Å². The van der Waals surface area contributed by atoms with Crippen molar-refractivity contribution in [2.24, 2.45) is 0 Å². The standard InChI is InChI=1S/C10H3ClF4N2O2/c11-7(18)5-2-1-4(3-6(5)12)8-16-9(19-17-8)10(13,14)15/h1-3H. The summed E-state index contributed by atoms with van der Waals surface area (Å²) in [5.41, 5.74) is -0.469. The van der Waals surface area contributed by atoms with Gasteiger partial charge in [-0.25, -0.2) is 4.39 Å². The van der Waals surface area contributed by atoms with Crippen molar-refractivity contribution in [2.75, 3.05) is 0 Å². The summed E-state index contributed by atoms with van der Waals surface area (Å²) in [6.45, 7) is 0. The van der Waals surface area contributed by atoms with Gasteiger partial charge in [-0.1, -0.05) is 11.2 Å². The maximum absolute atomic E-state index is 13.4. The van der Waals surface area contributed by atoms with Crippen molar-refractivity contribution in [3.63, 3.8) is 0 Å². The minimum Gasteiger partial charge on any atom is -0.329 e. The third-order valence-electron chi connectivity index (χ3n) is 2.11. The van der Waals surface area contributed by atoms with Crippen molar-refractivity contribution in [1.82, 2.24) is 10.1 Å².